The summed E-state index contributed by atoms with van der Waals surface area (Å²) in [5.41, 5.74) is 5.94. The zero-order chi connectivity index (χ0) is 13.3. The molecule has 96 valence electrons. The van der Waals surface area contributed by atoms with Gasteiger partial charge in [0.2, 0.25) is 0 Å². The molecule has 1 aromatic rings. The molecule has 0 amide bonds. The molecule has 0 aromatic heterocycles. The van der Waals surface area contributed by atoms with Gasteiger partial charge in [0.1, 0.15) is 5.69 Å². The van der Waals surface area contributed by atoms with Crippen molar-refractivity contribution in [1.29, 1.82) is 0 Å². The van der Waals surface area contributed by atoms with Crippen LogP contribution in [-0.2, 0) is 9.84 Å². The Kier molecular flexibility index (Phi) is 2.95. The third kappa shape index (κ3) is 2.59. The van der Waals surface area contributed by atoms with Crippen LogP contribution in [0.5, 0.6) is 0 Å². The van der Waals surface area contributed by atoms with E-state index in [-0.39, 0.29) is 23.2 Å². The van der Waals surface area contributed by atoms with Crippen LogP contribution in [0.15, 0.2) is 29.7 Å². The minimum atomic E-state index is -3.13. The zero-order valence-electron chi connectivity index (χ0n) is 9.24. The highest BCUT2D eigenvalue weighted by atomic mass is 32.2. The molecule has 0 saturated carbocycles. The van der Waals surface area contributed by atoms with Gasteiger partial charge in [-0.2, -0.15) is 0 Å². The molecule has 0 bridgehead atoms. The van der Waals surface area contributed by atoms with Gasteiger partial charge < -0.3 is 11.1 Å². The molecule has 1 aliphatic heterocycles. The van der Waals surface area contributed by atoms with E-state index in [0.29, 0.717) is 5.69 Å². The Bertz CT molecular complexity index is 624. The van der Waals surface area contributed by atoms with Crippen molar-refractivity contribution in [3.05, 3.63) is 39.8 Å². The van der Waals surface area contributed by atoms with E-state index in [0.717, 1.165) is 5.41 Å². The molecule has 0 saturated heterocycles. The highest BCUT2D eigenvalue weighted by Gasteiger charge is 2.21. The van der Waals surface area contributed by atoms with Gasteiger partial charge in [-0.15, -0.1) is 0 Å². The van der Waals surface area contributed by atoms with Gasteiger partial charge in [0.15, 0.2) is 9.84 Å². The van der Waals surface area contributed by atoms with Gasteiger partial charge in [-0.1, -0.05) is 6.08 Å². The van der Waals surface area contributed by atoms with E-state index in [1.165, 1.54) is 24.3 Å². The minimum Gasteiger partial charge on any atom is -0.393 e. The van der Waals surface area contributed by atoms with E-state index in [4.69, 9.17) is 5.73 Å². The molecule has 0 spiro atoms. The summed E-state index contributed by atoms with van der Waals surface area (Å²) >= 11 is 0. The quantitative estimate of drug-likeness (QED) is 0.478. The van der Waals surface area contributed by atoms with E-state index >= 15 is 0 Å². The second-order valence-electron chi connectivity index (χ2n) is 3.94. The van der Waals surface area contributed by atoms with Gasteiger partial charge in [0, 0.05) is 17.2 Å². The van der Waals surface area contributed by atoms with Gasteiger partial charge >= 0.3 is 0 Å². The van der Waals surface area contributed by atoms with Gasteiger partial charge in [-0.3, -0.25) is 10.1 Å². The summed E-state index contributed by atoms with van der Waals surface area (Å²) in [6, 6.07) is 3.85. The van der Waals surface area contributed by atoms with E-state index in [2.05, 4.69) is 5.32 Å². The molecule has 8 heteroatoms. The molecule has 1 aliphatic rings. The van der Waals surface area contributed by atoms with Crippen LogP contribution in [0, 0.1) is 10.1 Å². The number of nitrogens with one attached hydrogen (secondary N) is 1. The smallest absolute Gasteiger partial charge is 0.292 e. The maximum Gasteiger partial charge on any atom is 0.292 e. The summed E-state index contributed by atoms with van der Waals surface area (Å²) in [5, 5.41) is 14.7. The standard InChI is InChI=1S/C10H11N3O4S/c11-9-5-7(1-2-10(9)13(14)15)12-8-3-4-18(16,17)6-8/h1-5,8,12H,6,11H2. The SMILES string of the molecule is Nc1cc(NC2C=CS(=O)(=O)C2)ccc1[N+](=O)[O-]. The van der Waals surface area contributed by atoms with Gasteiger partial charge in [0.25, 0.3) is 5.69 Å². The number of nitrogens with zero attached hydrogens (tertiary/aromatic N) is 1. The molecule has 0 aliphatic carbocycles. The largest absolute Gasteiger partial charge is 0.393 e. The minimum absolute atomic E-state index is 0.0239. The predicted octanol–water partition coefficient (Wildman–Crippen LogP) is 0.900. The van der Waals surface area contributed by atoms with Gasteiger partial charge in [0.05, 0.1) is 16.7 Å². The third-order valence-corrected chi connectivity index (χ3v) is 3.90. The normalized spacial score (nSPS) is 20.8. The van der Waals surface area contributed by atoms with Crippen LogP contribution in [0.25, 0.3) is 0 Å². The molecular weight excluding hydrogens is 258 g/mol. The van der Waals surface area contributed by atoms with Crippen molar-refractivity contribution in [2.75, 3.05) is 16.8 Å². The first-order valence-electron chi connectivity index (χ1n) is 5.09. The second-order valence-corrected chi connectivity index (χ2v) is 5.87. The maximum absolute atomic E-state index is 11.2. The Morgan fingerprint density at radius 1 is 1.44 bits per heavy atom. The van der Waals surface area contributed by atoms with Crippen molar-refractivity contribution >= 4 is 26.9 Å². The number of nitro benzene ring substituents is 1. The highest BCUT2D eigenvalue weighted by molar-refractivity contribution is 7.94. The van der Waals surface area contributed by atoms with Crippen molar-refractivity contribution in [1.82, 2.24) is 0 Å². The molecule has 1 atom stereocenters. The molecule has 0 radical (unpaired) electrons. The summed E-state index contributed by atoms with van der Waals surface area (Å²) in [6.45, 7) is 0. The molecule has 1 heterocycles. The Balaban J connectivity index is 2.15. The first kappa shape index (κ1) is 12.4. The molecule has 1 unspecified atom stereocenters. The van der Waals surface area contributed by atoms with Crippen molar-refractivity contribution in [3.63, 3.8) is 0 Å². The first-order chi connectivity index (χ1) is 8.37. The second kappa shape index (κ2) is 4.30. The van der Waals surface area contributed by atoms with Crippen LogP contribution < -0.4 is 11.1 Å². The number of sulfone groups is 1. The summed E-state index contributed by atoms with van der Waals surface area (Å²) in [5.74, 6) is -0.0239. The van der Waals surface area contributed by atoms with Gasteiger partial charge in [-0.25, -0.2) is 8.42 Å². The van der Waals surface area contributed by atoms with E-state index in [1.807, 2.05) is 0 Å². The van der Waals surface area contributed by atoms with Gasteiger partial charge in [-0.05, 0) is 12.1 Å². The van der Waals surface area contributed by atoms with E-state index in [9.17, 15) is 18.5 Å². The number of benzene rings is 1. The van der Waals surface area contributed by atoms with Crippen molar-refractivity contribution in [3.8, 4) is 0 Å². The summed E-state index contributed by atoms with van der Waals surface area (Å²) in [4.78, 5) is 10.0. The number of nitrogen functional groups attached to an aromatic ring is 1. The first-order valence-corrected chi connectivity index (χ1v) is 6.80. The summed E-state index contributed by atoms with van der Waals surface area (Å²) < 4.78 is 22.4. The third-order valence-electron chi connectivity index (χ3n) is 2.51. The molecular formula is C10H11N3O4S. The number of nitrogens with two attached hydrogens (primary N) is 1. The van der Waals surface area contributed by atoms with Crippen molar-refractivity contribution in [2.24, 2.45) is 0 Å². The van der Waals surface area contributed by atoms with Crippen LogP contribution in [0.1, 0.15) is 0 Å². The van der Waals surface area contributed by atoms with Crippen LogP contribution in [0.2, 0.25) is 0 Å². The molecule has 18 heavy (non-hydrogen) atoms. The Morgan fingerprint density at radius 3 is 2.67 bits per heavy atom. The Labute approximate surface area is 103 Å². The van der Waals surface area contributed by atoms with Crippen LogP contribution in [0.3, 0.4) is 0 Å². The number of nitro groups is 1. The number of rotatable bonds is 3. The molecule has 1 aromatic carbocycles. The molecule has 7 nitrogen and oxygen atoms in total. The fraction of sp³-hybridized carbons (Fsp3) is 0.200. The number of hydrogen-bond donors (Lipinski definition) is 2. The number of hydrogen-bond acceptors (Lipinski definition) is 6. The lowest BCUT2D eigenvalue weighted by Crippen LogP contribution is -2.20. The van der Waals surface area contributed by atoms with Crippen molar-refractivity contribution < 1.29 is 13.3 Å². The Morgan fingerprint density at radius 2 is 2.17 bits per heavy atom. The highest BCUT2D eigenvalue weighted by Crippen LogP contribution is 2.25. The van der Waals surface area contributed by atoms with Crippen LogP contribution in [0.4, 0.5) is 17.1 Å². The maximum atomic E-state index is 11.2. The van der Waals surface area contributed by atoms with E-state index in [1.54, 1.807) is 0 Å². The van der Waals surface area contributed by atoms with Crippen molar-refractivity contribution in [2.45, 2.75) is 6.04 Å². The Hall–Kier alpha value is -2.09. The molecule has 0 fully saturated rings. The van der Waals surface area contributed by atoms with E-state index < -0.39 is 14.8 Å². The lowest BCUT2D eigenvalue weighted by molar-refractivity contribution is -0.383. The fourth-order valence-electron chi connectivity index (χ4n) is 1.69. The van der Waals surface area contributed by atoms with Crippen LogP contribution >= 0.6 is 0 Å². The molecule has 2 rings (SSSR count). The average Bonchev–Trinajstić information content (AvgIpc) is 2.57. The van der Waals surface area contributed by atoms with Crippen LogP contribution in [-0.4, -0.2) is 25.1 Å². The lowest BCUT2D eigenvalue weighted by Gasteiger charge is -2.11. The number of anilines is 2. The zero-order valence-corrected chi connectivity index (χ0v) is 10.1. The summed E-state index contributed by atoms with van der Waals surface area (Å²) in [7, 11) is -3.13. The molecule has 3 N–H and O–H groups in total. The topological polar surface area (TPSA) is 115 Å². The average molecular weight is 269 g/mol. The monoisotopic (exact) mass is 269 g/mol. The fourth-order valence-corrected chi connectivity index (χ4v) is 2.93. The lowest BCUT2D eigenvalue weighted by atomic mass is 10.2. The summed E-state index contributed by atoms with van der Waals surface area (Å²) in [6.07, 6.45) is 1.53. The predicted molar refractivity (Wildman–Crippen MR) is 67.8 cm³/mol.